The van der Waals surface area contributed by atoms with Crippen molar-refractivity contribution >= 4 is 107 Å². The van der Waals surface area contributed by atoms with Crippen LogP contribution in [0.1, 0.15) is 172 Å². The lowest BCUT2D eigenvalue weighted by Crippen LogP contribution is -2.58. The number of hydrogen-bond acceptors (Lipinski definition) is 16. The number of benzene rings is 1. The smallest absolute Gasteiger partial charge is 0.481 e. The first-order valence-corrected chi connectivity index (χ1v) is 32.3. The molecule has 1 aromatic heterocycles. The van der Waals surface area contributed by atoms with Crippen LogP contribution in [0, 0.1) is 17.8 Å². The Morgan fingerprint density at radius 3 is 2.26 bits per heavy atom. The van der Waals surface area contributed by atoms with Crippen molar-refractivity contribution in [1.82, 2.24) is 33.4 Å². The Labute approximate surface area is 499 Å². The van der Waals surface area contributed by atoms with Gasteiger partial charge in [-0.2, -0.15) is 0 Å². The molecule has 2 saturated heterocycles. The highest BCUT2D eigenvalue weighted by molar-refractivity contribution is 14.1. The summed E-state index contributed by atoms with van der Waals surface area (Å²) in [6.07, 6.45) is 6.38. The topological polar surface area (TPSA) is 295 Å². The van der Waals surface area contributed by atoms with Gasteiger partial charge in [0.2, 0.25) is 29.5 Å². The first-order valence-electron chi connectivity index (χ1n) is 28.1. The van der Waals surface area contributed by atoms with Crippen LogP contribution in [0.4, 0.5) is 5.69 Å². The van der Waals surface area contributed by atoms with Crippen molar-refractivity contribution in [3.05, 3.63) is 39.8 Å². The van der Waals surface area contributed by atoms with Gasteiger partial charge in [0, 0.05) is 80.1 Å². The number of phosphoric ester groups is 1. The largest absolute Gasteiger partial charge is 0.524 e. The number of aliphatic carboxylic acids is 1. The Hall–Kier alpha value is -4.24. The van der Waals surface area contributed by atoms with Gasteiger partial charge in [-0.15, -0.1) is 23.1 Å². The zero-order chi connectivity index (χ0) is 60.5. The van der Waals surface area contributed by atoms with E-state index in [2.05, 4.69) is 60.8 Å². The number of phosphoric acid groups is 1. The molecule has 0 radical (unpaired) electrons. The molecule has 1 aromatic carbocycles. The molecule has 2 aliphatic rings. The molecule has 6 N–H and O–H groups in total. The third-order valence-electron chi connectivity index (χ3n) is 15.1. The van der Waals surface area contributed by atoms with Crippen LogP contribution in [0.3, 0.4) is 0 Å². The molecule has 2 aromatic rings. The van der Waals surface area contributed by atoms with Crippen molar-refractivity contribution < 1.29 is 67.1 Å². The molecule has 0 aliphatic carbocycles. The summed E-state index contributed by atoms with van der Waals surface area (Å²) in [5.74, 6) is -5.65. The van der Waals surface area contributed by atoms with Crippen molar-refractivity contribution in [3.8, 4) is 5.75 Å². The maximum absolute atomic E-state index is 14.4. The molecule has 26 heteroatoms. The Morgan fingerprint density at radius 2 is 1.68 bits per heavy atom. The summed E-state index contributed by atoms with van der Waals surface area (Å²) in [7, 11) is 0.417. The lowest BCUT2D eigenvalue weighted by molar-refractivity contribution is -0.149. The van der Waals surface area contributed by atoms with Crippen molar-refractivity contribution in [2.45, 2.75) is 192 Å². The van der Waals surface area contributed by atoms with Crippen molar-refractivity contribution in [3.63, 3.8) is 0 Å². The second kappa shape index (κ2) is 32.2. The highest BCUT2D eigenvalue weighted by Crippen LogP contribution is 2.45. The number of hydrogen-bond donors (Lipinski definition) is 6. The fourth-order valence-electron chi connectivity index (χ4n) is 10.4. The molecular formula is C55H86IN8O14PS2. The number of nitrogens with zero attached hydrogens (tertiary/aromatic N) is 5. The number of carboxylic acids is 1. The van der Waals surface area contributed by atoms with Gasteiger partial charge in [0.25, 0.3) is 5.91 Å². The summed E-state index contributed by atoms with van der Waals surface area (Å²) < 4.78 is 24.9. The van der Waals surface area contributed by atoms with Crippen LogP contribution in [0.25, 0.3) is 0 Å². The van der Waals surface area contributed by atoms with Crippen molar-refractivity contribution in [2.75, 3.05) is 39.5 Å². The molecule has 81 heavy (non-hydrogen) atoms. The summed E-state index contributed by atoms with van der Waals surface area (Å²) in [5.41, 5.74) is 0.257. The molecule has 3 unspecified atom stereocenters. The maximum Gasteiger partial charge on any atom is 0.524 e. The normalized spacial score (nSPS) is 18.4. The molecule has 2 fully saturated rings. The first-order chi connectivity index (χ1) is 38.0. The maximum atomic E-state index is 14.4. The van der Waals surface area contributed by atoms with Crippen molar-refractivity contribution in [1.29, 1.82) is 0 Å². The number of piperidine rings is 1. The van der Waals surface area contributed by atoms with Gasteiger partial charge >= 0.3 is 19.8 Å². The number of anilines is 1. The number of carboxylic acid groups (broad SMARTS) is 1. The van der Waals surface area contributed by atoms with Gasteiger partial charge in [-0.05, 0) is 102 Å². The number of halogens is 1. The van der Waals surface area contributed by atoms with Gasteiger partial charge in [-0.1, -0.05) is 80.2 Å². The summed E-state index contributed by atoms with van der Waals surface area (Å²) in [5, 5.41) is 19.7. The van der Waals surface area contributed by atoms with Crippen LogP contribution in [0.15, 0.2) is 23.6 Å². The molecule has 2 aliphatic heterocycles. The number of ether oxygens (including phenoxy) is 1. The number of thioether (sulfide) groups is 1. The summed E-state index contributed by atoms with van der Waals surface area (Å²) in [6, 6.07) is 1.56. The van der Waals surface area contributed by atoms with Crippen LogP contribution >= 0.6 is 53.8 Å². The Kier molecular flexibility index (Phi) is 27.5. The number of nitrogens with one attached hydrogen (secondary N) is 3. The number of unbranched alkanes of at least 4 members (excludes halogenated alkanes) is 1. The van der Waals surface area contributed by atoms with E-state index in [0.29, 0.717) is 24.8 Å². The van der Waals surface area contributed by atoms with E-state index in [1.54, 1.807) is 11.9 Å². The number of amides is 6. The zero-order valence-electron chi connectivity index (χ0n) is 48.7. The molecule has 4 rings (SSSR count). The van der Waals surface area contributed by atoms with E-state index >= 15 is 0 Å². The van der Waals surface area contributed by atoms with E-state index < -0.39 is 67.0 Å². The monoisotopic (exact) mass is 1300 g/mol. The fraction of sp³-hybridized carbons (Fsp3) is 0.691. The van der Waals surface area contributed by atoms with Crippen molar-refractivity contribution in [2.24, 2.45) is 17.8 Å². The molecule has 22 nitrogen and oxygen atoms in total. The molecule has 8 atom stereocenters. The molecule has 3 heterocycles. The summed E-state index contributed by atoms with van der Waals surface area (Å²) in [4.78, 5) is 136. The molecular weight excluding hydrogens is 1220 g/mol. The van der Waals surface area contributed by atoms with Gasteiger partial charge in [0.15, 0.2) is 11.9 Å². The van der Waals surface area contributed by atoms with Gasteiger partial charge in [0.1, 0.15) is 16.7 Å². The van der Waals surface area contributed by atoms with Gasteiger partial charge in [-0.3, -0.25) is 57.9 Å². The SMILES string of the molecule is CCCC(CCC)(SC1CC(=O)N(CCCCC(=O)Nc2cc(C[C@@H](CC(C)C(=O)O)NC(=O)c3csc([C@@H](C[C@H](C(C)C)N(C)C(=O)[C@@H](NC(=O)C4CCCCN4C)[C@@H](C)CC)OC(C)=O)n3)ccc2OP(=O)(O)O)C1=O)N(C)I. The number of thiazole rings is 1. The zero-order valence-corrected chi connectivity index (χ0v) is 53.4. The highest BCUT2D eigenvalue weighted by atomic mass is 127. The second-order valence-electron chi connectivity index (χ2n) is 21.9. The van der Waals surface area contributed by atoms with E-state index in [1.165, 1.54) is 54.1 Å². The second-order valence-corrected chi connectivity index (χ2v) is 27.0. The number of aromatic nitrogens is 1. The van der Waals surface area contributed by atoms with E-state index in [0.717, 1.165) is 56.4 Å². The minimum atomic E-state index is -5.14. The number of carbonyl (C=O) groups is 8. The van der Waals surface area contributed by atoms with Gasteiger partial charge in [-0.25, -0.2) is 12.7 Å². The van der Waals surface area contributed by atoms with E-state index in [4.69, 9.17) is 9.26 Å². The number of likely N-dealkylation sites (N-methyl/N-ethyl adjacent to an activating group) is 2. The summed E-state index contributed by atoms with van der Waals surface area (Å²) in [6.45, 7) is 15.5. The summed E-state index contributed by atoms with van der Waals surface area (Å²) >= 11 is 4.85. The standard InChI is InChI=1S/C55H86IN8O14PS2/c1-12-23-55(24-13-2,63(11)56)81-45-31-47(67)64(52(45)70)26-18-16-20-46(66)58-39-29-37(21-22-43(39)78-79(74,75)76)28-38(27-35(7)54(72)73)57-49(68)40-32-80-51(59-40)44(77-36(8)65)30-42(33(4)5)62(10)53(71)48(34(6)14-3)60-50(69)41-19-15-17-25-61(41)9/h21-22,29,32-35,38,41-42,44-45,48H,12-20,23-28,30-31H2,1-11H3,(H,57,68)(H,58,66)(H,60,69)(H,72,73)(H2,74,75,76)/t34-,35?,38+,41?,42+,44+,45?,48-/m0/s1. The Bertz CT molecular complexity index is 2550. The first kappa shape index (κ1) is 69.3. The highest BCUT2D eigenvalue weighted by Gasteiger charge is 2.45. The molecule has 6 amide bonds. The van der Waals surface area contributed by atoms with Gasteiger partial charge < -0.3 is 35.2 Å². The van der Waals surface area contributed by atoms with Gasteiger partial charge in [0.05, 0.1) is 27.8 Å². The number of likely N-dealkylation sites (tertiary alicyclic amines) is 2. The number of esters is 1. The van der Waals surface area contributed by atoms with Crippen LogP contribution in [0.2, 0.25) is 0 Å². The lowest BCUT2D eigenvalue weighted by atomic mass is 9.92. The molecule has 0 bridgehead atoms. The van der Waals surface area contributed by atoms with E-state index in [-0.39, 0.29) is 114 Å². The Morgan fingerprint density at radius 1 is 1.00 bits per heavy atom. The molecule has 454 valence electrons. The van der Waals surface area contributed by atoms with E-state index in [9.17, 15) is 57.8 Å². The lowest BCUT2D eigenvalue weighted by Gasteiger charge is -2.39. The van der Waals surface area contributed by atoms with E-state index in [1.807, 2.05) is 46.7 Å². The average Bonchev–Trinajstić information content (AvgIpc) is 3.99. The predicted molar refractivity (Wildman–Crippen MR) is 319 cm³/mol. The van der Waals surface area contributed by atoms with Crippen LogP contribution in [-0.4, -0.2) is 154 Å². The number of imide groups is 1. The third-order valence-corrected chi connectivity index (χ3v) is 19.5. The quantitative estimate of drug-likeness (QED) is 0.00748. The third kappa shape index (κ3) is 20.5. The van der Waals surface area contributed by atoms with Crippen LogP contribution < -0.4 is 20.5 Å². The molecule has 0 spiro atoms. The predicted octanol–water partition coefficient (Wildman–Crippen LogP) is 8.11. The number of rotatable bonds is 33. The minimum Gasteiger partial charge on any atom is -0.481 e. The van der Waals surface area contributed by atoms with Crippen LogP contribution in [-0.2, 0) is 49.3 Å². The number of carbonyl (C=O) groups excluding carboxylic acids is 7. The minimum absolute atomic E-state index is 0.0231. The molecule has 0 saturated carbocycles. The average molecular weight is 1310 g/mol. The fourth-order valence-corrected chi connectivity index (χ4v) is 14.3. The Balaban J connectivity index is 1.50. The van der Waals surface area contributed by atoms with Crippen LogP contribution in [0.5, 0.6) is 5.75 Å².